The lowest BCUT2D eigenvalue weighted by Gasteiger charge is -2.25. The number of rotatable bonds is 7. The average Bonchev–Trinajstić information content (AvgIpc) is 3.11. The Morgan fingerprint density at radius 1 is 1.37 bits per heavy atom. The van der Waals surface area contributed by atoms with E-state index in [1.54, 1.807) is 18.4 Å². The molecule has 4 nitrogen and oxygen atoms in total. The van der Waals surface area contributed by atoms with Crippen LogP contribution in [0.4, 0.5) is 0 Å². The van der Waals surface area contributed by atoms with Gasteiger partial charge in [-0.25, -0.2) is 4.79 Å². The molecule has 1 aromatic carbocycles. The minimum Gasteiger partial charge on any atom is -0.497 e. The Bertz CT molecular complexity index is 866. The van der Waals surface area contributed by atoms with Gasteiger partial charge in [-0.1, -0.05) is 24.3 Å². The van der Waals surface area contributed by atoms with Crippen LogP contribution < -0.4 is 4.74 Å². The summed E-state index contributed by atoms with van der Waals surface area (Å²) in [5.41, 5.74) is 4.13. The van der Waals surface area contributed by atoms with E-state index in [2.05, 4.69) is 41.5 Å². The summed E-state index contributed by atoms with van der Waals surface area (Å²) in [7, 11) is 1.68. The second-order valence-corrected chi connectivity index (χ2v) is 7.59. The summed E-state index contributed by atoms with van der Waals surface area (Å²) in [6, 6.07) is 10.3. The quantitative estimate of drug-likeness (QED) is 0.759. The highest BCUT2D eigenvalue weighted by Gasteiger charge is 2.17. The highest BCUT2D eigenvalue weighted by Crippen LogP contribution is 2.32. The Labute approximate surface area is 164 Å². The second kappa shape index (κ2) is 9.02. The molecule has 0 saturated heterocycles. The van der Waals surface area contributed by atoms with E-state index in [9.17, 15) is 9.90 Å². The summed E-state index contributed by atoms with van der Waals surface area (Å²) >= 11 is 1.75. The molecule has 2 heterocycles. The third-order valence-electron chi connectivity index (χ3n) is 4.79. The van der Waals surface area contributed by atoms with Crippen LogP contribution in [0.15, 0.2) is 53.4 Å². The Morgan fingerprint density at radius 2 is 2.22 bits per heavy atom. The Balaban J connectivity index is 1.78. The van der Waals surface area contributed by atoms with Crippen molar-refractivity contribution in [2.24, 2.45) is 0 Å². The van der Waals surface area contributed by atoms with Gasteiger partial charge in [0.2, 0.25) is 0 Å². The van der Waals surface area contributed by atoms with Crippen LogP contribution in [0.1, 0.15) is 28.8 Å². The first kappa shape index (κ1) is 19.4. The predicted octanol–water partition coefficient (Wildman–Crippen LogP) is 4.60. The van der Waals surface area contributed by atoms with Crippen molar-refractivity contribution in [2.75, 3.05) is 26.7 Å². The van der Waals surface area contributed by atoms with Crippen LogP contribution in [0.25, 0.3) is 5.57 Å². The smallest absolute Gasteiger partial charge is 0.332 e. The maximum atomic E-state index is 11.2. The number of thiophene rings is 1. The topological polar surface area (TPSA) is 49.8 Å². The van der Waals surface area contributed by atoms with Gasteiger partial charge in [0.1, 0.15) is 5.75 Å². The summed E-state index contributed by atoms with van der Waals surface area (Å²) in [5.74, 6) is 0.0430. The van der Waals surface area contributed by atoms with Crippen molar-refractivity contribution in [1.82, 2.24) is 4.90 Å². The molecule has 0 aliphatic carbocycles. The van der Waals surface area contributed by atoms with Crippen molar-refractivity contribution in [3.63, 3.8) is 0 Å². The van der Waals surface area contributed by atoms with Gasteiger partial charge in [0, 0.05) is 30.1 Å². The SMILES string of the molecule is COc1cccc(C(=CCCN2CCC=C(C(=O)O)C2)c2sccc2C)c1. The van der Waals surface area contributed by atoms with Crippen molar-refractivity contribution in [1.29, 1.82) is 0 Å². The monoisotopic (exact) mass is 383 g/mol. The van der Waals surface area contributed by atoms with Crippen molar-refractivity contribution in [3.8, 4) is 5.75 Å². The number of hydrogen-bond donors (Lipinski definition) is 1. The molecule has 0 atom stereocenters. The van der Waals surface area contributed by atoms with Crippen molar-refractivity contribution < 1.29 is 14.6 Å². The highest BCUT2D eigenvalue weighted by atomic mass is 32.1. The molecule has 0 fully saturated rings. The van der Waals surface area contributed by atoms with Crippen LogP contribution in [0.2, 0.25) is 0 Å². The summed E-state index contributed by atoms with van der Waals surface area (Å²) in [6.07, 6.45) is 5.78. The number of hydrogen-bond acceptors (Lipinski definition) is 4. The first-order valence-corrected chi connectivity index (χ1v) is 10.00. The van der Waals surface area contributed by atoms with Gasteiger partial charge in [-0.05, 0) is 60.0 Å². The lowest BCUT2D eigenvalue weighted by molar-refractivity contribution is -0.133. The fourth-order valence-corrected chi connectivity index (χ4v) is 4.31. The molecule has 0 amide bonds. The average molecular weight is 384 g/mol. The van der Waals surface area contributed by atoms with Gasteiger partial charge >= 0.3 is 5.97 Å². The minimum atomic E-state index is -0.804. The number of methoxy groups -OCH3 is 1. The van der Waals surface area contributed by atoms with Crippen LogP contribution in [-0.2, 0) is 4.79 Å². The fourth-order valence-electron chi connectivity index (χ4n) is 3.32. The Morgan fingerprint density at radius 3 is 2.93 bits per heavy atom. The number of aryl methyl sites for hydroxylation is 1. The number of carboxylic acid groups (broad SMARTS) is 1. The first-order chi connectivity index (χ1) is 13.1. The van der Waals surface area contributed by atoms with E-state index in [4.69, 9.17) is 4.74 Å². The van der Waals surface area contributed by atoms with Crippen LogP contribution >= 0.6 is 11.3 Å². The number of benzene rings is 1. The molecule has 0 spiro atoms. The highest BCUT2D eigenvalue weighted by molar-refractivity contribution is 7.11. The van der Waals surface area contributed by atoms with Gasteiger partial charge in [0.25, 0.3) is 0 Å². The number of ether oxygens (including phenoxy) is 1. The zero-order valence-corrected chi connectivity index (χ0v) is 16.6. The summed E-state index contributed by atoms with van der Waals surface area (Å²) in [4.78, 5) is 14.7. The van der Waals surface area contributed by atoms with Crippen molar-refractivity contribution >= 4 is 22.9 Å². The van der Waals surface area contributed by atoms with Crippen LogP contribution in [0, 0.1) is 6.92 Å². The van der Waals surface area contributed by atoms with Crippen LogP contribution in [0.3, 0.4) is 0 Å². The van der Waals surface area contributed by atoms with Crippen molar-refractivity contribution in [2.45, 2.75) is 19.8 Å². The van der Waals surface area contributed by atoms with E-state index in [0.29, 0.717) is 12.1 Å². The lowest BCUT2D eigenvalue weighted by Crippen LogP contribution is -2.32. The molecule has 142 valence electrons. The van der Waals surface area contributed by atoms with Crippen molar-refractivity contribution in [3.05, 3.63) is 69.4 Å². The molecule has 0 unspecified atom stereocenters. The molecule has 27 heavy (non-hydrogen) atoms. The van der Waals surface area contributed by atoms with E-state index in [1.807, 2.05) is 18.2 Å². The summed E-state index contributed by atoms with van der Waals surface area (Å²) in [6.45, 7) is 4.42. The number of aliphatic carboxylic acids is 1. The zero-order valence-electron chi connectivity index (χ0n) is 15.8. The number of carboxylic acids is 1. The van der Waals surface area contributed by atoms with Gasteiger partial charge in [-0.2, -0.15) is 0 Å². The number of nitrogens with zero attached hydrogens (tertiary/aromatic N) is 1. The molecular weight excluding hydrogens is 358 g/mol. The zero-order chi connectivity index (χ0) is 19.2. The Hall–Kier alpha value is -2.37. The van der Waals surface area contributed by atoms with E-state index in [-0.39, 0.29) is 0 Å². The molecule has 5 heteroatoms. The fraction of sp³-hybridized carbons (Fsp3) is 0.318. The van der Waals surface area contributed by atoms with Crippen LogP contribution in [0.5, 0.6) is 5.75 Å². The van der Waals surface area contributed by atoms with Gasteiger partial charge < -0.3 is 9.84 Å². The second-order valence-electron chi connectivity index (χ2n) is 6.67. The molecular formula is C22H25NO3S. The van der Waals surface area contributed by atoms with E-state index in [0.717, 1.165) is 37.2 Å². The van der Waals surface area contributed by atoms with Gasteiger partial charge in [0.05, 0.1) is 7.11 Å². The van der Waals surface area contributed by atoms with E-state index >= 15 is 0 Å². The van der Waals surface area contributed by atoms with Gasteiger partial charge in [0.15, 0.2) is 0 Å². The molecule has 2 aromatic rings. The maximum Gasteiger partial charge on any atom is 0.332 e. The molecule has 1 aliphatic rings. The molecule has 0 radical (unpaired) electrons. The molecule has 0 saturated carbocycles. The molecule has 1 N–H and O–H groups in total. The summed E-state index contributed by atoms with van der Waals surface area (Å²) in [5, 5.41) is 11.3. The van der Waals surface area contributed by atoms with Gasteiger partial charge in [-0.3, -0.25) is 4.90 Å². The predicted molar refractivity (Wildman–Crippen MR) is 111 cm³/mol. The molecule has 1 aliphatic heterocycles. The van der Waals surface area contributed by atoms with Crippen LogP contribution in [-0.4, -0.2) is 42.7 Å². The minimum absolute atomic E-state index is 0.507. The molecule has 0 bridgehead atoms. The Kier molecular flexibility index (Phi) is 6.48. The van der Waals surface area contributed by atoms with Gasteiger partial charge in [-0.15, -0.1) is 11.3 Å². The molecule has 3 rings (SSSR count). The van der Waals surface area contributed by atoms with E-state index in [1.165, 1.54) is 16.0 Å². The molecule has 1 aromatic heterocycles. The maximum absolute atomic E-state index is 11.2. The normalized spacial score (nSPS) is 15.5. The largest absolute Gasteiger partial charge is 0.497 e. The third-order valence-corrected chi connectivity index (χ3v) is 5.84. The summed E-state index contributed by atoms with van der Waals surface area (Å²) < 4.78 is 5.39. The lowest BCUT2D eigenvalue weighted by atomic mass is 10.0. The standard InChI is InChI=1S/C22H25NO3S/c1-16-10-13-27-21(16)20(17-6-3-8-19(14-17)26-2)9-5-12-23-11-4-7-18(15-23)22(24)25/h3,6-10,13-14H,4-5,11-12,15H2,1-2H3,(H,24,25). The first-order valence-electron chi connectivity index (χ1n) is 9.12. The van der Waals surface area contributed by atoms with E-state index < -0.39 is 5.97 Å². The third kappa shape index (κ3) is 4.87. The number of carbonyl (C=O) groups is 1.